The highest BCUT2D eigenvalue weighted by atomic mass is 32.2. The Bertz CT molecular complexity index is 789. The maximum atomic E-state index is 12.8. The van der Waals surface area contributed by atoms with Gasteiger partial charge in [0.2, 0.25) is 0 Å². The van der Waals surface area contributed by atoms with Gasteiger partial charge in [0.05, 0.1) is 22.3 Å². The summed E-state index contributed by atoms with van der Waals surface area (Å²) in [4.78, 5) is 26.7. The molecule has 134 valence electrons. The van der Waals surface area contributed by atoms with Crippen LogP contribution in [0, 0.1) is 6.92 Å². The van der Waals surface area contributed by atoms with Crippen LogP contribution in [0.5, 0.6) is 0 Å². The van der Waals surface area contributed by atoms with Gasteiger partial charge in [-0.05, 0) is 51.5 Å². The summed E-state index contributed by atoms with van der Waals surface area (Å²) in [7, 11) is 0. The molecule has 6 heteroatoms. The molecule has 2 aliphatic rings. The minimum atomic E-state index is -0.335. The van der Waals surface area contributed by atoms with Crippen LogP contribution in [0.25, 0.3) is 0 Å². The van der Waals surface area contributed by atoms with Crippen molar-refractivity contribution < 1.29 is 14.3 Å². The van der Waals surface area contributed by atoms with Crippen LogP contribution in [0.15, 0.2) is 32.8 Å². The fourth-order valence-corrected chi connectivity index (χ4v) is 5.56. The first-order chi connectivity index (χ1) is 12.0. The third-order valence-electron chi connectivity index (χ3n) is 4.62. The van der Waals surface area contributed by atoms with Crippen molar-refractivity contribution >= 4 is 34.9 Å². The molecule has 2 heterocycles. The number of thioether (sulfide) groups is 1. The first kappa shape index (κ1) is 18.3. The lowest BCUT2D eigenvalue weighted by molar-refractivity contribution is -0.138. The highest BCUT2D eigenvalue weighted by molar-refractivity contribution is 8.00. The molecule has 0 saturated carbocycles. The minimum Gasteiger partial charge on any atom is -0.463 e. The molecule has 0 amide bonds. The van der Waals surface area contributed by atoms with Crippen LogP contribution < -0.4 is 5.32 Å². The molecule has 0 saturated heterocycles. The summed E-state index contributed by atoms with van der Waals surface area (Å²) in [6.07, 6.45) is 4.29. The normalized spacial score (nSPS) is 20.5. The molecule has 4 nitrogen and oxygen atoms in total. The molecule has 3 rings (SSSR count). The Balaban J connectivity index is 2.20. The highest BCUT2D eigenvalue weighted by Crippen LogP contribution is 2.47. The van der Waals surface area contributed by atoms with E-state index in [9.17, 15) is 9.59 Å². The van der Waals surface area contributed by atoms with E-state index in [1.54, 1.807) is 30.0 Å². The number of carbonyl (C=O) groups excluding carboxylic acids is 2. The van der Waals surface area contributed by atoms with Gasteiger partial charge in [0.15, 0.2) is 5.78 Å². The van der Waals surface area contributed by atoms with Crippen LogP contribution in [0.1, 0.15) is 49.5 Å². The van der Waals surface area contributed by atoms with E-state index in [-0.39, 0.29) is 17.7 Å². The molecule has 25 heavy (non-hydrogen) atoms. The van der Waals surface area contributed by atoms with Gasteiger partial charge in [0.25, 0.3) is 0 Å². The molecule has 0 unspecified atom stereocenters. The number of Topliss-reactive ketones (excluding diaryl/α,β-unsaturated/α-hetero) is 1. The lowest BCUT2D eigenvalue weighted by Gasteiger charge is -2.34. The van der Waals surface area contributed by atoms with Crippen LogP contribution in [0.3, 0.4) is 0 Å². The number of nitrogens with one attached hydrogen (secondary N) is 1. The Kier molecular flexibility index (Phi) is 5.39. The fraction of sp³-hybridized carbons (Fsp3) is 0.474. The minimum absolute atomic E-state index is 0.143. The van der Waals surface area contributed by atoms with E-state index in [4.69, 9.17) is 4.74 Å². The Morgan fingerprint density at radius 2 is 2.16 bits per heavy atom. The number of dihydropyridines is 1. The second-order valence-electron chi connectivity index (χ2n) is 6.29. The molecule has 1 N–H and O–H groups in total. The molecule has 1 aromatic rings. The van der Waals surface area contributed by atoms with Gasteiger partial charge >= 0.3 is 5.97 Å². The number of hydrogen-bond acceptors (Lipinski definition) is 6. The van der Waals surface area contributed by atoms with Gasteiger partial charge in [0, 0.05) is 28.3 Å². The topological polar surface area (TPSA) is 55.4 Å². The van der Waals surface area contributed by atoms with Crippen LogP contribution in [0.4, 0.5) is 0 Å². The van der Waals surface area contributed by atoms with Gasteiger partial charge in [-0.25, -0.2) is 4.79 Å². The summed E-state index contributed by atoms with van der Waals surface area (Å²) in [5.41, 5.74) is 4.16. The van der Waals surface area contributed by atoms with E-state index in [2.05, 4.69) is 18.3 Å². The van der Waals surface area contributed by atoms with Crippen molar-refractivity contribution in [2.75, 3.05) is 12.9 Å². The van der Waals surface area contributed by atoms with E-state index in [0.29, 0.717) is 18.6 Å². The summed E-state index contributed by atoms with van der Waals surface area (Å²) in [5, 5.41) is 3.32. The number of esters is 1. The maximum absolute atomic E-state index is 12.8. The quantitative estimate of drug-likeness (QED) is 0.626. The van der Waals surface area contributed by atoms with E-state index >= 15 is 0 Å². The fourth-order valence-electron chi connectivity index (χ4n) is 3.65. The van der Waals surface area contributed by atoms with E-state index in [0.717, 1.165) is 39.6 Å². The Morgan fingerprint density at radius 3 is 2.84 bits per heavy atom. The van der Waals surface area contributed by atoms with Gasteiger partial charge < -0.3 is 10.1 Å². The summed E-state index contributed by atoms with van der Waals surface area (Å²) in [5.74, 6) is -0.516. The largest absolute Gasteiger partial charge is 0.463 e. The summed E-state index contributed by atoms with van der Waals surface area (Å²) in [6, 6.07) is 2.12. The van der Waals surface area contributed by atoms with Crippen molar-refractivity contribution in [3.8, 4) is 0 Å². The molecule has 0 spiro atoms. The summed E-state index contributed by atoms with van der Waals surface area (Å²) in [6.45, 7) is 6.09. The van der Waals surface area contributed by atoms with Gasteiger partial charge in [-0.2, -0.15) is 0 Å². The van der Waals surface area contributed by atoms with Crippen molar-refractivity contribution in [1.82, 2.24) is 5.32 Å². The van der Waals surface area contributed by atoms with Crippen LogP contribution in [-0.2, 0) is 14.3 Å². The van der Waals surface area contributed by atoms with Crippen molar-refractivity contribution in [1.29, 1.82) is 0 Å². The van der Waals surface area contributed by atoms with Gasteiger partial charge in [0.1, 0.15) is 0 Å². The van der Waals surface area contributed by atoms with Gasteiger partial charge in [-0.1, -0.05) is 0 Å². The number of aryl methyl sites for hydroxylation is 1. The van der Waals surface area contributed by atoms with Crippen LogP contribution >= 0.6 is 23.1 Å². The van der Waals surface area contributed by atoms with E-state index in [1.807, 2.05) is 13.2 Å². The maximum Gasteiger partial charge on any atom is 0.336 e. The standard InChI is InChI=1S/C19H23NO3S2/c1-5-23-18(22)15-11(3)20-13-7-6-8-14(21)17(13)16(15)12-9-10(2)25-19(12)24-4/h9,16,20H,5-8H2,1-4H3/t16-/m0/s1. The molecule has 0 fully saturated rings. The lowest BCUT2D eigenvalue weighted by Crippen LogP contribution is -2.34. The molecular formula is C19H23NO3S2. The number of rotatable bonds is 4. The van der Waals surface area contributed by atoms with E-state index in [1.165, 1.54) is 4.88 Å². The van der Waals surface area contributed by atoms with Crippen LogP contribution in [-0.4, -0.2) is 24.6 Å². The number of carbonyl (C=O) groups is 2. The van der Waals surface area contributed by atoms with Gasteiger partial charge in [-0.3, -0.25) is 4.79 Å². The zero-order valence-corrected chi connectivity index (χ0v) is 16.7. The summed E-state index contributed by atoms with van der Waals surface area (Å²) >= 11 is 3.38. The van der Waals surface area contributed by atoms with Crippen molar-refractivity contribution in [2.24, 2.45) is 0 Å². The SMILES string of the molecule is CCOC(=O)C1=C(C)NC2=C(C(=O)CCC2)[C@H]1c1cc(C)sc1SC. The number of ketones is 1. The van der Waals surface area contributed by atoms with Crippen LogP contribution in [0.2, 0.25) is 0 Å². The van der Waals surface area contributed by atoms with Crippen molar-refractivity contribution in [2.45, 2.75) is 50.2 Å². The summed E-state index contributed by atoms with van der Waals surface area (Å²) < 4.78 is 6.48. The monoisotopic (exact) mass is 377 g/mol. The molecule has 0 radical (unpaired) electrons. The first-order valence-corrected chi connectivity index (χ1v) is 10.6. The molecule has 1 aliphatic carbocycles. The molecule has 1 aliphatic heterocycles. The molecule has 1 atom stereocenters. The second kappa shape index (κ2) is 7.38. The van der Waals surface area contributed by atoms with Gasteiger partial charge in [-0.15, -0.1) is 23.1 Å². The smallest absolute Gasteiger partial charge is 0.336 e. The third-order valence-corrected chi connectivity index (χ3v) is 6.83. The first-order valence-electron chi connectivity index (χ1n) is 8.53. The molecule has 1 aromatic heterocycles. The Labute approximate surface area is 156 Å². The predicted molar refractivity (Wildman–Crippen MR) is 102 cm³/mol. The predicted octanol–water partition coefficient (Wildman–Crippen LogP) is 4.31. The number of hydrogen-bond donors (Lipinski definition) is 1. The highest BCUT2D eigenvalue weighted by Gasteiger charge is 2.40. The molecule has 0 aromatic carbocycles. The Hall–Kier alpha value is -1.53. The van der Waals surface area contributed by atoms with E-state index < -0.39 is 0 Å². The molecule has 0 bridgehead atoms. The third kappa shape index (κ3) is 3.29. The zero-order chi connectivity index (χ0) is 18.1. The zero-order valence-electron chi connectivity index (χ0n) is 15.0. The van der Waals surface area contributed by atoms with Crippen molar-refractivity contribution in [3.05, 3.63) is 39.0 Å². The lowest BCUT2D eigenvalue weighted by atomic mass is 9.76. The Morgan fingerprint density at radius 1 is 1.40 bits per heavy atom. The number of thiophene rings is 1. The average Bonchev–Trinajstić information content (AvgIpc) is 2.94. The second-order valence-corrected chi connectivity index (χ2v) is 8.62. The molecular weight excluding hydrogens is 354 g/mol. The van der Waals surface area contributed by atoms with Crippen molar-refractivity contribution in [3.63, 3.8) is 0 Å². The number of ether oxygens (including phenoxy) is 1. The average molecular weight is 378 g/mol. The number of allylic oxidation sites excluding steroid dienone is 3.